The number of rotatable bonds is 8. The summed E-state index contributed by atoms with van der Waals surface area (Å²) in [5.41, 5.74) is 8.43. The molecule has 2 heteroatoms. The molecule has 3 N–H and O–H groups in total. The summed E-state index contributed by atoms with van der Waals surface area (Å²) in [4.78, 5) is 3.44. The number of unbranched alkanes of at least 4 members (excludes halogenated alkanes) is 1. The highest BCUT2D eigenvalue weighted by molar-refractivity contribution is 5.83. The smallest absolute Gasteiger partial charge is 0.0456 e. The highest BCUT2D eigenvalue weighted by atomic mass is 14.7. The molecule has 0 fully saturated rings. The Labute approximate surface area is 122 Å². The molecule has 0 saturated carbocycles. The Hall–Kier alpha value is -1.28. The van der Waals surface area contributed by atoms with Gasteiger partial charge in [-0.1, -0.05) is 51.3 Å². The van der Waals surface area contributed by atoms with Gasteiger partial charge in [0.2, 0.25) is 0 Å². The Morgan fingerprint density at radius 3 is 2.55 bits per heavy atom. The van der Waals surface area contributed by atoms with E-state index >= 15 is 0 Å². The Bertz CT molecular complexity index is 511. The highest BCUT2D eigenvalue weighted by Gasteiger charge is 2.22. The normalized spacial score (nSPS) is 13.2. The second kappa shape index (κ2) is 7.49. The van der Waals surface area contributed by atoms with Crippen LogP contribution in [-0.4, -0.2) is 11.5 Å². The maximum atomic E-state index is 5.66. The van der Waals surface area contributed by atoms with Crippen LogP contribution in [-0.2, 0) is 0 Å². The summed E-state index contributed by atoms with van der Waals surface area (Å²) < 4.78 is 0. The van der Waals surface area contributed by atoms with E-state index in [4.69, 9.17) is 5.73 Å². The third-order valence-electron chi connectivity index (χ3n) is 4.61. The van der Waals surface area contributed by atoms with Crippen LogP contribution in [0, 0.1) is 5.92 Å². The van der Waals surface area contributed by atoms with Crippen molar-refractivity contribution in [3.8, 4) is 0 Å². The van der Waals surface area contributed by atoms with Crippen molar-refractivity contribution < 1.29 is 0 Å². The average molecular weight is 272 g/mol. The monoisotopic (exact) mass is 272 g/mol. The molecular formula is C18H28N2. The fourth-order valence-electron chi connectivity index (χ4n) is 3.41. The van der Waals surface area contributed by atoms with Crippen molar-refractivity contribution in [2.75, 3.05) is 6.54 Å². The van der Waals surface area contributed by atoms with Gasteiger partial charge in [0.15, 0.2) is 0 Å². The average Bonchev–Trinajstić information content (AvgIpc) is 2.91. The zero-order valence-corrected chi connectivity index (χ0v) is 12.9. The minimum Gasteiger partial charge on any atom is -0.361 e. The molecule has 0 aliphatic heterocycles. The van der Waals surface area contributed by atoms with Crippen LogP contribution in [0.1, 0.15) is 57.4 Å². The molecule has 1 heterocycles. The molecule has 110 valence electrons. The molecular weight excluding hydrogens is 244 g/mol. The van der Waals surface area contributed by atoms with Gasteiger partial charge in [0.05, 0.1) is 0 Å². The predicted molar refractivity (Wildman–Crippen MR) is 88.0 cm³/mol. The van der Waals surface area contributed by atoms with Gasteiger partial charge in [-0.25, -0.2) is 0 Å². The number of hydrogen-bond acceptors (Lipinski definition) is 1. The van der Waals surface area contributed by atoms with Crippen LogP contribution in [0.15, 0.2) is 30.5 Å². The molecule has 0 spiro atoms. The molecule has 0 saturated heterocycles. The van der Waals surface area contributed by atoms with Crippen molar-refractivity contribution in [3.63, 3.8) is 0 Å². The Balaban J connectivity index is 2.29. The molecule has 0 amide bonds. The van der Waals surface area contributed by atoms with E-state index in [1.165, 1.54) is 42.1 Å². The summed E-state index contributed by atoms with van der Waals surface area (Å²) >= 11 is 0. The second-order valence-corrected chi connectivity index (χ2v) is 5.76. The number of aromatic amines is 1. The van der Waals surface area contributed by atoms with E-state index in [0.29, 0.717) is 5.92 Å². The first-order chi connectivity index (χ1) is 9.81. The number of nitrogens with one attached hydrogen (secondary N) is 1. The van der Waals surface area contributed by atoms with Gasteiger partial charge < -0.3 is 10.7 Å². The molecule has 1 aromatic heterocycles. The SMILES string of the molecule is CCC(CC)C(CCCCN)c1c[nH]c2ccccc12. The quantitative estimate of drug-likeness (QED) is 0.665. The van der Waals surface area contributed by atoms with Crippen LogP contribution in [0.3, 0.4) is 0 Å². The van der Waals surface area contributed by atoms with E-state index in [1.807, 2.05) is 0 Å². The van der Waals surface area contributed by atoms with Crippen LogP contribution in [0.5, 0.6) is 0 Å². The van der Waals surface area contributed by atoms with Crippen LogP contribution < -0.4 is 5.73 Å². The Morgan fingerprint density at radius 1 is 1.10 bits per heavy atom. The molecule has 1 aromatic carbocycles. The van der Waals surface area contributed by atoms with Crippen LogP contribution in [0.25, 0.3) is 10.9 Å². The standard InChI is InChI=1S/C18H28N2/c1-3-14(4-2)15(9-7-8-12-19)17-13-20-18-11-6-5-10-16(17)18/h5-6,10-11,13-15,20H,3-4,7-9,12,19H2,1-2H3. The lowest BCUT2D eigenvalue weighted by Crippen LogP contribution is -2.12. The summed E-state index contributed by atoms with van der Waals surface area (Å²) in [5.74, 6) is 1.43. The van der Waals surface area contributed by atoms with Crippen LogP contribution >= 0.6 is 0 Å². The molecule has 20 heavy (non-hydrogen) atoms. The fourth-order valence-corrected chi connectivity index (χ4v) is 3.41. The lowest BCUT2D eigenvalue weighted by atomic mass is 9.79. The highest BCUT2D eigenvalue weighted by Crippen LogP contribution is 2.37. The van der Waals surface area contributed by atoms with E-state index in [0.717, 1.165) is 18.9 Å². The molecule has 1 atom stereocenters. The van der Waals surface area contributed by atoms with Crippen molar-refractivity contribution >= 4 is 10.9 Å². The van der Waals surface area contributed by atoms with Gasteiger partial charge in [-0.05, 0) is 42.9 Å². The summed E-state index contributed by atoms with van der Waals surface area (Å²) in [6.07, 6.45) is 8.37. The number of H-pyrrole nitrogens is 1. The van der Waals surface area contributed by atoms with E-state index in [2.05, 4.69) is 49.3 Å². The minimum absolute atomic E-state index is 0.660. The first-order valence-corrected chi connectivity index (χ1v) is 8.07. The summed E-state index contributed by atoms with van der Waals surface area (Å²) in [6.45, 7) is 5.45. The summed E-state index contributed by atoms with van der Waals surface area (Å²) in [7, 11) is 0. The Kier molecular flexibility index (Phi) is 5.66. The minimum atomic E-state index is 0.660. The van der Waals surface area contributed by atoms with Crippen molar-refractivity contribution in [2.24, 2.45) is 11.7 Å². The first-order valence-electron chi connectivity index (χ1n) is 8.07. The van der Waals surface area contributed by atoms with E-state index in [-0.39, 0.29) is 0 Å². The molecule has 2 rings (SSSR count). The number of benzene rings is 1. The Morgan fingerprint density at radius 2 is 1.85 bits per heavy atom. The maximum Gasteiger partial charge on any atom is 0.0456 e. The fraction of sp³-hybridized carbons (Fsp3) is 0.556. The van der Waals surface area contributed by atoms with Crippen LogP contribution in [0.4, 0.5) is 0 Å². The molecule has 0 bridgehead atoms. The summed E-state index contributed by atoms with van der Waals surface area (Å²) in [6, 6.07) is 8.66. The maximum absolute atomic E-state index is 5.66. The molecule has 0 aliphatic carbocycles. The molecule has 1 unspecified atom stereocenters. The van der Waals surface area contributed by atoms with Crippen molar-refractivity contribution in [1.82, 2.24) is 4.98 Å². The number of para-hydroxylation sites is 1. The predicted octanol–water partition coefficient (Wildman–Crippen LogP) is 4.82. The first kappa shape index (κ1) is 15.1. The molecule has 2 nitrogen and oxygen atoms in total. The van der Waals surface area contributed by atoms with Crippen molar-refractivity contribution in [2.45, 2.75) is 51.9 Å². The number of aromatic nitrogens is 1. The third-order valence-corrected chi connectivity index (χ3v) is 4.61. The largest absolute Gasteiger partial charge is 0.361 e. The lowest BCUT2D eigenvalue weighted by Gasteiger charge is -2.25. The third kappa shape index (κ3) is 3.24. The molecule has 2 aromatic rings. The van der Waals surface area contributed by atoms with Crippen molar-refractivity contribution in [1.29, 1.82) is 0 Å². The van der Waals surface area contributed by atoms with Gasteiger partial charge in [-0.3, -0.25) is 0 Å². The number of nitrogens with two attached hydrogens (primary N) is 1. The lowest BCUT2D eigenvalue weighted by molar-refractivity contribution is 0.371. The summed E-state index contributed by atoms with van der Waals surface area (Å²) in [5, 5.41) is 1.40. The number of hydrogen-bond donors (Lipinski definition) is 2. The van der Waals surface area contributed by atoms with Gasteiger partial charge in [0.1, 0.15) is 0 Å². The second-order valence-electron chi connectivity index (χ2n) is 5.76. The van der Waals surface area contributed by atoms with E-state index < -0.39 is 0 Å². The van der Waals surface area contributed by atoms with E-state index in [9.17, 15) is 0 Å². The molecule has 0 radical (unpaired) electrons. The molecule has 0 aliphatic rings. The van der Waals surface area contributed by atoms with Gasteiger partial charge in [0, 0.05) is 17.1 Å². The number of fused-ring (bicyclic) bond motifs is 1. The van der Waals surface area contributed by atoms with Crippen molar-refractivity contribution in [3.05, 3.63) is 36.0 Å². The topological polar surface area (TPSA) is 41.8 Å². The van der Waals surface area contributed by atoms with Gasteiger partial charge in [0.25, 0.3) is 0 Å². The zero-order chi connectivity index (χ0) is 14.4. The van der Waals surface area contributed by atoms with Gasteiger partial charge in [-0.15, -0.1) is 0 Å². The van der Waals surface area contributed by atoms with Gasteiger partial charge >= 0.3 is 0 Å². The van der Waals surface area contributed by atoms with E-state index in [1.54, 1.807) is 0 Å². The van der Waals surface area contributed by atoms with Gasteiger partial charge in [-0.2, -0.15) is 0 Å². The van der Waals surface area contributed by atoms with Crippen LogP contribution in [0.2, 0.25) is 0 Å². The zero-order valence-electron chi connectivity index (χ0n) is 12.9.